The summed E-state index contributed by atoms with van der Waals surface area (Å²) in [6, 6.07) is 5.78. The van der Waals surface area contributed by atoms with E-state index < -0.39 is 0 Å². The summed E-state index contributed by atoms with van der Waals surface area (Å²) in [6.45, 7) is 7.51. The summed E-state index contributed by atoms with van der Waals surface area (Å²) in [4.78, 5) is 6.60. The first kappa shape index (κ1) is 12.0. The molecule has 0 saturated heterocycles. The predicted octanol–water partition coefficient (Wildman–Crippen LogP) is 2.28. The topological polar surface area (TPSA) is 42.1 Å². The number of nitrogens with zero attached hydrogens (tertiary/aromatic N) is 2. The second-order valence-corrected chi connectivity index (χ2v) is 4.58. The number of nitrogens with two attached hydrogens (primary N) is 1. The summed E-state index contributed by atoms with van der Waals surface area (Å²) in [5.74, 6) is 0.593. The van der Waals surface area contributed by atoms with Crippen molar-refractivity contribution in [3.05, 3.63) is 23.9 Å². The predicted molar refractivity (Wildman–Crippen MR) is 64.5 cm³/mol. The van der Waals surface area contributed by atoms with E-state index in [1.807, 2.05) is 18.2 Å². The molecule has 1 aromatic heterocycles. The largest absolute Gasteiger partial charge is 0.384 e. The van der Waals surface area contributed by atoms with Crippen LogP contribution in [0.4, 0.5) is 5.82 Å². The van der Waals surface area contributed by atoms with Gasteiger partial charge < -0.3 is 5.73 Å². The van der Waals surface area contributed by atoms with E-state index in [-0.39, 0.29) is 5.54 Å². The third-order valence-electron chi connectivity index (χ3n) is 3.13. The third kappa shape index (κ3) is 3.20. The van der Waals surface area contributed by atoms with Gasteiger partial charge in [-0.1, -0.05) is 13.0 Å². The van der Waals surface area contributed by atoms with Crippen LogP contribution in [0.5, 0.6) is 0 Å². The van der Waals surface area contributed by atoms with Crippen molar-refractivity contribution in [1.82, 2.24) is 9.88 Å². The van der Waals surface area contributed by atoms with Gasteiger partial charge in [-0.3, -0.25) is 4.90 Å². The molecule has 15 heavy (non-hydrogen) atoms. The van der Waals surface area contributed by atoms with E-state index in [1.165, 1.54) is 0 Å². The van der Waals surface area contributed by atoms with Crippen molar-refractivity contribution in [2.24, 2.45) is 0 Å². The number of rotatable bonds is 4. The van der Waals surface area contributed by atoms with E-state index in [9.17, 15) is 0 Å². The lowest BCUT2D eigenvalue weighted by molar-refractivity contribution is 0.141. The molecule has 1 heterocycles. The molecule has 3 heteroatoms. The number of hydrogen-bond donors (Lipinski definition) is 1. The molecule has 2 N–H and O–H groups in total. The molecule has 0 aromatic carbocycles. The Balaban J connectivity index is 2.70. The van der Waals surface area contributed by atoms with E-state index >= 15 is 0 Å². The highest BCUT2D eigenvalue weighted by atomic mass is 15.2. The van der Waals surface area contributed by atoms with Gasteiger partial charge >= 0.3 is 0 Å². The first-order valence-corrected chi connectivity index (χ1v) is 5.38. The van der Waals surface area contributed by atoms with E-state index in [0.717, 1.165) is 18.7 Å². The molecule has 1 rings (SSSR count). The average Bonchev–Trinajstić information content (AvgIpc) is 2.17. The van der Waals surface area contributed by atoms with Crippen LogP contribution in [0, 0.1) is 0 Å². The highest BCUT2D eigenvalue weighted by Gasteiger charge is 2.21. The molecule has 0 spiro atoms. The molecule has 84 valence electrons. The quantitative estimate of drug-likeness (QED) is 0.823. The van der Waals surface area contributed by atoms with Gasteiger partial charge in [0.15, 0.2) is 0 Å². The Morgan fingerprint density at radius 2 is 2.07 bits per heavy atom. The van der Waals surface area contributed by atoms with Crippen molar-refractivity contribution in [3.63, 3.8) is 0 Å². The number of anilines is 1. The summed E-state index contributed by atoms with van der Waals surface area (Å²) < 4.78 is 0. The first-order valence-electron chi connectivity index (χ1n) is 5.38. The van der Waals surface area contributed by atoms with Crippen molar-refractivity contribution in [1.29, 1.82) is 0 Å². The Labute approximate surface area is 92.3 Å². The van der Waals surface area contributed by atoms with Gasteiger partial charge in [0, 0.05) is 12.1 Å². The number of hydrogen-bond acceptors (Lipinski definition) is 3. The molecular formula is C12H21N3. The standard InChI is InChI=1S/C12H21N3/c1-5-12(2,3)15(4)9-10-7-6-8-11(13)14-10/h6-8H,5,9H2,1-4H3,(H2,13,14). The fourth-order valence-electron chi connectivity index (χ4n) is 1.31. The van der Waals surface area contributed by atoms with Crippen molar-refractivity contribution in [3.8, 4) is 0 Å². The molecule has 1 aromatic rings. The molecular weight excluding hydrogens is 186 g/mol. The minimum atomic E-state index is 0.201. The number of aromatic nitrogens is 1. The minimum Gasteiger partial charge on any atom is -0.384 e. The lowest BCUT2D eigenvalue weighted by atomic mass is 10.00. The minimum absolute atomic E-state index is 0.201. The van der Waals surface area contributed by atoms with Crippen LogP contribution < -0.4 is 5.73 Å². The summed E-state index contributed by atoms with van der Waals surface area (Å²) in [5, 5.41) is 0. The molecule has 0 aliphatic heterocycles. The molecule has 0 atom stereocenters. The molecule has 0 aliphatic carbocycles. The maximum atomic E-state index is 5.65. The highest BCUT2D eigenvalue weighted by Crippen LogP contribution is 2.18. The van der Waals surface area contributed by atoms with Crippen LogP contribution in [-0.2, 0) is 6.54 Å². The monoisotopic (exact) mass is 207 g/mol. The molecule has 0 saturated carbocycles. The Kier molecular flexibility index (Phi) is 3.69. The van der Waals surface area contributed by atoms with Crippen LogP contribution in [0.2, 0.25) is 0 Å². The van der Waals surface area contributed by atoms with E-state index in [1.54, 1.807) is 0 Å². The second kappa shape index (κ2) is 4.62. The molecule has 0 fully saturated rings. The Morgan fingerprint density at radius 1 is 1.40 bits per heavy atom. The zero-order chi connectivity index (χ0) is 11.5. The average molecular weight is 207 g/mol. The zero-order valence-electron chi connectivity index (χ0n) is 10.1. The van der Waals surface area contributed by atoms with E-state index in [2.05, 4.69) is 37.7 Å². The van der Waals surface area contributed by atoms with Gasteiger partial charge in [-0.2, -0.15) is 0 Å². The lowest BCUT2D eigenvalue weighted by Gasteiger charge is -2.34. The number of nitrogen functional groups attached to an aromatic ring is 1. The first-order chi connectivity index (χ1) is 6.95. The fourth-order valence-corrected chi connectivity index (χ4v) is 1.31. The van der Waals surface area contributed by atoms with Crippen LogP contribution in [0.15, 0.2) is 18.2 Å². The van der Waals surface area contributed by atoms with Crippen LogP contribution in [0.3, 0.4) is 0 Å². The molecule has 0 bridgehead atoms. The SMILES string of the molecule is CCC(C)(C)N(C)Cc1cccc(N)n1. The van der Waals surface area contributed by atoms with Crippen molar-refractivity contribution in [2.75, 3.05) is 12.8 Å². The van der Waals surface area contributed by atoms with Crippen molar-refractivity contribution in [2.45, 2.75) is 39.3 Å². The molecule has 3 nitrogen and oxygen atoms in total. The van der Waals surface area contributed by atoms with Gasteiger partial charge in [0.1, 0.15) is 5.82 Å². The molecule has 0 radical (unpaired) electrons. The maximum absolute atomic E-state index is 5.65. The highest BCUT2D eigenvalue weighted by molar-refractivity contribution is 5.28. The Morgan fingerprint density at radius 3 is 2.60 bits per heavy atom. The maximum Gasteiger partial charge on any atom is 0.123 e. The third-order valence-corrected chi connectivity index (χ3v) is 3.13. The summed E-state index contributed by atoms with van der Waals surface area (Å²) in [7, 11) is 2.12. The lowest BCUT2D eigenvalue weighted by Crippen LogP contribution is -2.40. The van der Waals surface area contributed by atoms with Gasteiger partial charge in [-0.15, -0.1) is 0 Å². The normalized spacial score (nSPS) is 12.1. The second-order valence-electron chi connectivity index (χ2n) is 4.58. The van der Waals surface area contributed by atoms with E-state index in [4.69, 9.17) is 5.73 Å². The smallest absolute Gasteiger partial charge is 0.123 e. The van der Waals surface area contributed by atoms with Crippen LogP contribution in [0.1, 0.15) is 32.9 Å². The van der Waals surface area contributed by atoms with Crippen molar-refractivity contribution >= 4 is 5.82 Å². The van der Waals surface area contributed by atoms with Gasteiger partial charge in [0.2, 0.25) is 0 Å². The molecule has 0 unspecified atom stereocenters. The van der Waals surface area contributed by atoms with E-state index in [0.29, 0.717) is 5.82 Å². The molecule has 0 aliphatic rings. The summed E-state index contributed by atoms with van der Waals surface area (Å²) >= 11 is 0. The number of pyridine rings is 1. The Bertz CT molecular complexity index is 320. The van der Waals surface area contributed by atoms with Crippen molar-refractivity contribution < 1.29 is 0 Å². The fraction of sp³-hybridized carbons (Fsp3) is 0.583. The van der Waals surface area contributed by atoms with Gasteiger partial charge in [0.25, 0.3) is 0 Å². The van der Waals surface area contributed by atoms with Gasteiger partial charge in [-0.25, -0.2) is 4.98 Å². The zero-order valence-corrected chi connectivity index (χ0v) is 10.1. The molecule has 0 amide bonds. The van der Waals surface area contributed by atoms with Gasteiger partial charge in [0.05, 0.1) is 5.69 Å². The summed E-state index contributed by atoms with van der Waals surface area (Å²) in [6.07, 6.45) is 1.12. The Hall–Kier alpha value is -1.09. The van der Waals surface area contributed by atoms with Crippen LogP contribution in [0.25, 0.3) is 0 Å². The summed E-state index contributed by atoms with van der Waals surface area (Å²) in [5.41, 5.74) is 6.87. The van der Waals surface area contributed by atoms with Gasteiger partial charge in [-0.05, 0) is 39.4 Å². The van der Waals surface area contributed by atoms with Crippen LogP contribution in [-0.4, -0.2) is 22.5 Å². The van der Waals surface area contributed by atoms with Crippen LogP contribution >= 0.6 is 0 Å².